The summed E-state index contributed by atoms with van der Waals surface area (Å²) >= 11 is 1.67. The van der Waals surface area contributed by atoms with Crippen molar-refractivity contribution in [3.8, 4) is 11.3 Å². The summed E-state index contributed by atoms with van der Waals surface area (Å²) in [6.45, 7) is 4.16. The standard InChI is InChI=1S/C17H19N3OS/c1-3-4-8-16(21)18-14-7-5-6-13(9-14)15-11-20-10-12(2)22-17(20)19-15/h5-7,9-11H,3-4,8H2,1-2H3,(H,18,21). The van der Waals surface area contributed by atoms with Crippen LogP contribution in [-0.2, 0) is 4.79 Å². The molecule has 0 unspecified atom stereocenters. The first kappa shape index (κ1) is 14.8. The molecule has 0 spiro atoms. The number of carbonyl (C=O) groups is 1. The van der Waals surface area contributed by atoms with Crippen molar-refractivity contribution in [2.75, 3.05) is 5.32 Å². The number of imidazole rings is 1. The second-order valence-corrected chi connectivity index (χ2v) is 6.60. The minimum atomic E-state index is 0.0699. The van der Waals surface area contributed by atoms with E-state index in [-0.39, 0.29) is 5.91 Å². The minimum Gasteiger partial charge on any atom is -0.326 e. The van der Waals surface area contributed by atoms with Crippen LogP contribution in [0.15, 0.2) is 36.7 Å². The molecule has 5 heteroatoms. The van der Waals surface area contributed by atoms with Crippen LogP contribution in [0.3, 0.4) is 0 Å². The van der Waals surface area contributed by atoms with E-state index in [0.29, 0.717) is 6.42 Å². The van der Waals surface area contributed by atoms with Gasteiger partial charge >= 0.3 is 0 Å². The molecule has 0 saturated carbocycles. The Morgan fingerprint density at radius 3 is 3.00 bits per heavy atom. The lowest BCUT2D eigenvalue weighted by atomic mass is 10.1. The summed E-state index contributed by atoms with van der Waals surface area (Å²) in [5.74, 6) is 0.0699. The fourth-order valence-corrected chi connectivity index (χ4v) is 3.18. The molecular formula is C17H19N3OS. The number of nitrogens with one attached hydrogen (secondary N) is 1. The van der Waals surface area contributed by atoms with E-state index in [1.165, 1.54) is 4.88 Å². The van der Waals surface area contributed by atoms with E-state index >= 15 is 0 Å². The second-order valence-electron chi connectivity index (χ2n) is 5.39. The van der Waals surface area contributed by atoms with Gasteiger partial charge in [0.05, 0.1) is 5.69 Å². The predicted octanol–water partition coefficient (Wildman–Crippen LogP) is 4.50. The number of fused-ring (bicyclic) bond motifs is 1. The van der Waals surface area contributed by atoms with E-state index in [0.717, 1.165) is 34.7 Å². The molecule has 1 aromatic carbocycles. The number of amides is 1. The van der Waals surface area contributed by atoms with Crippen molar-refractivity contribution in [3.63, 3.8) is 0 Å². The molecule has 0 aliphatic heterocycles. The molecule has 0 fully saturated rings. The number of anilines is 1. The molecule has 3 aromatic rings. The van der Waals surface area contributed by atoms with Crippen molar-refractivity contribution in [1.29, 1.82) is 0 Å². The number of carbonyl (C=O) groups excluding carboxylic acids is 1. The monoisotopic (exact) mass is 313 g/mol. The van der Waals surface area contributed by atoms with Crippen LogP contribution in [0, 0.1) is 6.92 Å². The fourth-order valence-electron chi connectivity index (χ4n) is 2.37. The summed E-state index contributed by atoms with van der Waals surface area (Å²) < 4.78 is 2.04. The number of aryl methyl sites for hydroxylation is 1. The summed E-state index contributed by atoms with van der Waals surface area (Å²) in [4.78, 5) is 18.7. The molecule has 2 aromatic heterocycles. The van der Waals surface area contributed by atoms with Crippen LogP contribution in [0.2, 0.25) is 0 Å². The molecule has 3 rings (SSSR count). The number of benzene rings is 1. The molecule has 114 valence electrons. The highest BCUT2D eigenvalue weighted by Gasteiger charge is 2.08. The number of thiazole rings is 1. The van der Waals surface area contributed by atoms with E-state index < -0.39 is 0 Å². The molecule has 2 heterocycles. The van der Waals surface area contributed by atoms with Gasteiger partial charge in [0.1, 0.15) is 0 Å². The van der Waals surface area contributed by atoms with Gasteiger partial charge in [-0.05, 0) is 25.5 Å². The summed E-state index contributed by atoms with van der Waals surface area (Å²) in [5, 5.41) is 2.95. The Bertz CT molecular complexity index is 772. The van der Waals surface area contributed by atoms with Crippen LogP contribution in [0.1, 0.15) is 31.1 Å². The molecule has 0 aliphatic rings. The van der Waals surface area contributed by atoms with Gasteiger partial charge in [-0.2, -0.15) is 0 Å². The van der Waals surface area contributed by atoms with Gasteiger partial charge in [-0.15, -0.1) is 11.3 Å². The third-order valence-corrected chi connectivity index (χ3v) is 4.38. The molecule has 22 heavy (non-hydrogen) atoms. The van der Waals surface area contributed by atoms with Crippen LogP contribution in [-0.4, -0.2) is 15.3 Å². The maximum absolute atomic E-state index is 11.8. The largest absolute Gasteiger partial charge is 0.326 e. The van der Waals surface area contributed by atoms with Crippen LogP contribution in [0.25, 0.3) is 16.2 Å². The lowest BCUT2D eigenvalue weighted by Crippen LogP contribution is -2.10. The number of rotatable bonds is 5. The van der Waals surface area contributed by atoms with Gasteiger partial charge in [-0.3, -0.25) is 9.20 Å². The van der Waals surface area contributed by atoms with Gasteiger partial charge in [0.15, 0.2) is 4.96 Å². The molecule has 0 bridgehead atoms. The van der Waals surface area contributed by atoms with Crippen LogP contribution < -0.4 is 5.32 Å². The van der Waals surface area contributed by atoms with E-state index in [1.807, 2.05) is 34.9 Å². The third kappa shape index (κ3) is 3.20. The van der Waals surface area contributed by atoms with E-state index in [9.17, 15) is 4.79 Å². The third-order valence-electron chi connectivity index (χ3n) is 3.47. The normalized spacial score (nSPS) is 11.0. The van der Waals surface area contributed by atoms with Gasteiger partial charge < -0.3 is 5.32 Å². The van der Waals surface area contributed by atoms with Crippen molar-refractivity contribution >= 4 is 27.9 Å². The average Bonchev–Trinajstić information content (AvgIpc) is 3.02. The number of nitrogens with zero attached hydrogens (tertiary/aromatic N) is 2. The van der Waals surface area contributed by atoms with Gasteiger partial charge in [0, 0.05) is 34.9 Å². The SMILES string of the molecule is CCCCC(=O)Nc1cccc(-c2cn3cc(C)sc3n2)c1. The second kappa shape index (κ2) is 6.32. The first-order valence-corrected chi connectivity index (χ1v) is 8.33. The Morgan fingerprint density at radius 2 is 2.23 bits per heavy atom. The van der Waals surface area contributed by atoms with Gasteiger partial charge in [0.25, 0.3) is 0 Å². The van der Waals surface area contributed by atoms with E-state index in [2.05, 4.69) is 30.3 Å². The highest BCUT2D eigenvalue weighted by molar-refractivity contribution is 7.17. The van der Waals surface area contributed by atoms with Gasteiger partial charge in [-0.25, -0.2) is 4.98 Å². The Balaban J connectivity index is 1.80. The van der Waals surface area contributed by atoms with Crippen molar-refractivity contribution in [2.45, 2.75) is 33.1 Å². The summed E-state index contributed by atoms with van der Waals surface area (Å²) in [5.41, 5.74) is 2.77. The molecule has 0 radical (unpaired) electrons. The topological polar surface area (TPSA) is 46.4 Å². The maximum atomic E-state index is 11.8. The van der Waals surface area contributed by atoms with Crippen LogP contribution in [0.5, 0.6) is 0 Å². The quantitative estimate of drug-likeness (QED) is 0.754. The predicted molar refractivity (Wildman–Crippen MR) is 91.4 cm³/mol. The Morgan fingerprint density at radius 1 is 1.36 bits per heavy atom. The summed E-state index contributed by atoms with van der Waals surface area (Å²) in [7, 11) is 0. The number of hydrogen-bond donors (Lipinski definition) is 1. The summed E-state index contributed by atoms with van der Waals surface area (Å²) in [6, 6.07) is 7.85. The van der Waals surface area contributed by atoms with Gasteiger partial charge in [-0.1, -0.05) is 25.5 Å². The smallest absolute Gasteiger partial charge is 0.224 e. The van der Waals surface area contributed by atoms with Crippen molar-refractivity contribution in [3.05, 3.63) is 41.5 Å². The van der Waals surface area contributed by atoms with Crippen molar-refractivity contribution in [1.82, 2.24) is 9.38 Å². The summed E-state index contributed by atoms with van der Waals surface area (Å²) in [6.07, 6.45) is 6.62. The van der Waals surface area contributed by atoms with Crippen molar-refractivity contribution in [2.24, 2.45) is 0 Å². The zero-order valence-electron chi connectivity index (χ0n) is 12.8. The Hall–Kier alpha value is -2.14. The number of aromatic nitrogens is 2. The molecule has 0 saturated heterocycles. The fraction of sp³-hybridized carbons (Fsp3) is 0.294. The molecule has 0 atom stereocenters. The van der Waals surface area contributed by atoms with Crippen LogP contribution >= 0.6 is 11.3 Å². The Kier molecular flexibility index (Phi) is 4.24. The van der Waals surface area contributed by atoms with E-state index in [1.54, 1.807) is 11.3 Å². The highest BCUT2D eigenvalue weighted by atomic mass is 32.1. The van der Waals surface area contributed by atoms with Crippen molar-refractivity contribution < 1.29 is 4.79 Å². The van der Waals surface area contributed by atoms with Gasteiger partial charge in [0.2, 0.25) is 5.91 Å². The van der Waals surface area contributed by atoms with Crippen LogP contribution in [0.4, 0.5) is 5.69 Å². The Labute approximate surface area is 133 Å². The highest BCUT2D eigenvalue weighted by Crippen LogP contribution is 2.25. The molecule has 1 N–H and O–H groups in total. The zero-order valence-corrected chi connectivity index (χ0v) is 13.6. The first-order chi connectivity index (χ1) is 10.7. The molecular weight excluding hydrogens is 294 g/mol. The molecule has 0 aliphatic carbocycles. The molecule has 1 amide bonds. The number of unbranched alkanes of at least 4 members (excludes halogenated alkanes) is 1. The minimum absolute atomic E-state index is 0.0699. The van der Waals surface area contributed by atoms with E-state index in [4.69, 9.17) is 0 Å². The lowest BCUT2D eigenvalue weighted by Gasteiger charge is -2.06. The maximum Gasteiger partial charge on any atom is 0.224 e. The zero-order chi connectivity index (χ0) is 15.5. The first-order valence-electron chi connectivity index (χ1n) is 7.51. The number of hydrogen-bond acceptors (Lipinski definition) is 3. The lowest BCUT2D eigenvalue weighted by molar-refractivity contribution is -0.116. The molecule has 4 nitrogen and oxygen atoms in total. The average molecular weight is 313 g/mol.